The summed E-state index contributed by atoms with van der Waals surface area (Å²) in [6, 6.07) is 11.0. The molecule has 2 aromatic rings. The second-order valence-electron chi connectivity index (χ2n) is 4.75. The first-order valence-corrected chi connectivity index (χ1v) is 7.39. The molecule has 0 aliphatic carbocycles. The molecule has 6 heteroatoms. The van der Waals surface area contributed by atoms with Crippen molar-refractivity contribution in [3.8, 4) is 0 Å². The van der Waals surface area contributed by atoms with Crippen LogP contribution >= 0.6 is 11.8 Å². The van der Waals surface area contributed by atoms with E-state index in [0.29, 0.717) is 22.3 Å². The third-order valence-corrected chi connectivity index (χ3v) is 4.37. The standard InChI is InChI=1S/C16H13F3O2S/c1-10-7-12(16(17,18)19)8-13(15(20)21)14(10)22-9-11-5-3-2-4-6-11/h2-8H,9H2,1H3,(H,20,21). The summed E-state index contributed by atoms with van der Waals surface area (Å²) < 4.78 is 38.4. The van der Waals surface area contributed by atoms with E-state index in [-0.39, 0.29) is 5.56 Å². The Hall–Kier alpha value is -1.95. The molecule has 0 aromatic heterocycles. The lowest BCUT2D eigenvalue weighted by Gasteiger charge is -2.14. The zero-order valence-electron chi connectivity index (χ0n) is 11.6. The van der Waals surface area contributed by atoms with Crippen LogP contribution in [0.5, 0.6) is 0 Å². The Morgan fingerprint density at radius 3 is 2.36 bits per heavy atom. The van der Waals surface area contributed by atoms with Crippen molar-refractivity contribution >= 4 is 17.7 Å². The maximum atomic E-state index is 12.8. The third kappa shape index (κ3) is 3.82. The highest BCUT2D eigenvalue weighted by molar-refractivity contribution is 7.98. The molecule has 0 saturated carbocycles. The fourth-order valence-corrected chi connectivity index (χ4v) is 3.11. The van der Waals surface area contributed by atoms with Crippen LogP contribution in [-0.4, -0.2) is 11.1 Å². The Kier molecular flexibility index (Phi) is 4.81. The van der Waals surface area contributed by atoms with E-state index in [1.165, 1.54) is 18.7 Å². The van der Waals surface area contributed by atoms with Crippen LogP contribution in [0.15, 0.2) is 47.4 Å². The number of halogens is 3. The van der Waals surface area contributed by atoms with E-state index in [1.54, 1.807) is 0 Å². The number of thioether (sulfide) groups is 1. The lowest BCUT2D eigenvalue weighted by Crippen LogP contribution is -2.10. The maximum absolute atomic E-state index is 12.8. The van der Waals surface area contributed by atoms with Crippen molar-refractivity contribution in [2.45, 2.75) is 23.7 Å². The highest BCUT2D eigenvalue weighted by Crippen LogP contribution is 2.36. The van der Waals surface area contributed by atoms with Gasteiger partial charge in [0.05, 0.1) is 11.1 Å². The first-order chi connectivity index (χ1) is 10.3. The van der Waals surface area contributed by atoms with Crippen molar-refractivity contribution in [1.29, 1.82) is 0 Å². The van der Waals surface area contributed by atoms with Gasteiger partial charge in [0.2, 0.25) is 0 Å². The molecule has 0 saturated heterocycles. The summed E-state index contributed by atoms with van der Waals surface area (Å²) in [6.45, 7) is 1.50. The van der Waals surface area contributed by atoms with Gasteiger partial charge in [-0.25, -0.2) is 4.79 Å². The summed E-state index contributed by atoms with van der Waals surface area (Å²) in [7, 11) is 0. The molecular formula is C16H13F3O2S. The third-order valence-electron chi connectivity index (χ3n) is 3.06. The van der Waals surface area contributed by atoms with Crippen LogP contribution < -0.4 is 0 Å². The molecule has 0 bridgehead atoms. The summed E-state index contributed by atoms with van der Waals surface area (Å²) in [5.41, 5.74) is 0.0380. The number of hydrogen-bond acceptors (Lipinski definition) is 2. The van der Waals surface area contributed by atoms with E-state index in [0.717, 1.165) is 11.6 Å². The van der Waals surface area contributed by atoms with Crippen molar-refractivity contribution in [3.63, 3.8) is 0 Å². The van der Waals surface area contributed by atoms with Crippen molar-refractivity contribution in [2.24, 2.45) is 0 Å². The highest BCUT2D eigenvalue weighted by atomic mass is 32.2. The topological polar surface area (TPSA) is 37.3 Å². The molecule has 0 aliphatic rings. The van der Waals surface area contributed by atoms with Gasteiger partial charge in [0.15, 0.2) is 0 Å². The molecule has 0 unspecified atom stereocenters. The number of carbonyl (C=O) groups is 1. The fourth-order valence-electron chi connectivity index (χ4n) is 2.02. The Labute approximate surface area is 130 Å². The van der Waals surface area contributed by atoms with Gasteiger partial charge in [-0.2, -0.15) is 13.2 Å². The molecule has 0 amide bonds. The van der Waals surface area contributed by atoms with Gasteiger partial charge in [-0.15, -0.1) is 11.8 Å². The molecule has 22 heavy (non-hydrogen) atoms. The van der Waals surface area contributed by atoms with Gasteiger partial charge in [-0.05, 0) is 30.2 Å². The van der Waals surface area contributed by atoms with E-state index in [4.69, 9.17) is 0 Å². The van der Waals surface area contributed by atoms with Crippen LogP contribution in [0.1, 0.15) is 27.0 Å². The molecule has 0 atom stereocenters. The lowest BCUT2D eigenvalue weighted by atomic mass is 10.1. The summed E-state index contributed by atoms with van der Waals surface area (Å²) in [5, 5.41) is 9.20. The van der Waals surface area contributed by atoms with Crippen LogP contribution in [-0.2, 0) is 11.9 Å². The number of carboxylic acid groups (broad SMARTS) is 1. The molecule has 116 valence electrons. The first-order valence-electron chi connectivity index (χ1n) is 6.41. The molecule has 2 nitrogen and oxygen atoms in total. The van der Waals surface area contributed by atoms with Crippen molar-refractivity contribution in [3.05, 3.63) is 64.7 Å². The largest absolute Gasteiger partial charge is 0.478 e. The maximum Gasteiger partial charge on any atom is 0.416 e. The fraction of sp³-hybridized carbons (Fsp3) is 0.188. The zero-order valence-corrected chi connectivity index (χ0v) is 12.5. The second kappa shape index (κ2) is 6.44. The van der Waals surface area contributed by atoms with Crippen molar-refractivity contribution < 1.29 is 23.1 Å². The van der Waals surface area contributed by atoms with Crippen molar-refractivity contribution in [1.82, 2.24) is 0 Å². The van der Waals surface area contributed by atoms with Crippen LogP contribution in [0.3, 0.4) is 0 Å². The Morgan fingerprint density at radius 2 is 1.82 bits per heavy atom. The van der Waals surface area contributed by atoms with Gasteiger partial charge < -0.3 is 5.11 Å². The van der Waals surface area contributed by atoms with Crippen LogP contribution in [0.25, 0.3) is 0 Å². The normalized spacial score (nSPS) is 11.5. The SMILES string of the molecule is Cc1cc(C(F)(F)F)cc(C(=O)O)c1SCc1ccccc1. The van der Waals surface area contributed by atoms with E-state index in [1.807, 2.05) is 30.3 Å². The molecule has 0 radical (unpaired) electrons. The minimum atomic E-state index is -4.56. The number of aromatic carboxylic acids is 1. The van der Waals surface area contributed by atoms with Crippen LogP contribution in [0.4, 0.5) is 13.2 Å². The van der Waals surface area contributed by atoms with Crippen LogP contribution in [0.2, 0.25) is 0 Å². The number of benzene rings is 2. The molecule has 2 aromatic carbocycles. The summed E-state index contributed by atoms with van der Waals surface area (Å²) >= 11 is 1.23. The van der Waals surface area contributed by atoms with Gasteiger partial charge in [0.1, 0.15) is 0 Å². The number of carboxylic acids is 1. The summed E-state index contributed by atoms with van der Waals surface area (Å²) in [6.07, 6.45) is -4.56. The van der Waals surface area contributed by atoms with E-state index in [2.05, 4.69) is 0 Å². The molecule has 0 spiro atoms. The van der Waals surface area contributed by atoms with Gasteiger partial charge in [-0.3, -0.25) is 0 Å². The predicted molar refractivity (Wildman–Crippen MR) is 79.1 cm³/mol. The average molecular weight is 326 g/mol. The number of hydrogen-bond donors (Lipinski definition) is 1. The van der Waals surface area contributed by atoms with Crippen LogP contribution in [0, 0.1) is 6.92 Å². The Balaban J connectivity index is 2.36. The number of aryl methyl sites for hydroxylation is 1. The van der Waals surface area contributed by atoms with Crippen molar-refractivity contribution in [2.75, 3.05) is 0 Å². The molecule has 0 heterocycles. The molecule has 2 rings (SSSR count). The number of rotatable bonds is 4. The molecule has 1 N–H and O–H groups in total. The Bertz CT molecular complexity index is 682. The Morgan fingerprint density at radius 1 is 1.18 bits per heavy atom. The van der Waals surface area contributed by atoms with Gasteiger partial charge in [0.25, 0.3) is 0 Å². The predicted octanol–water partition coefficient (Wildman–Crippen LogP) is 5.00. The van der Waals surface area contributed by atoms with E-state index >= 15 is 0 Å². The second-order valence-corrected chi connectivity index (χ2v) is 5.73. The number of alkyl halides is 3. The van der Waals surface area contributed by atoms with E-state index in [9.17, 15) is 23.1 Å². The quantitative estimate of drug-likeness (QED) is 0.803. The molecule has 0 fully saturated rings. The highest BCUT2D eigenvalue weighted by Gasteiger charge is 2.32. The van der Waals surface area contributed by atoms with Gasteiger partial charge in [0, 0.05) is 10.6 Å². The van der Waals surface area contributed by atoms with Gasteiger partial charge in [-0.1, -0.05) is 30.3 Å². The van der Waals surface area contributed by atoms with E-state index < -0.39 is 17.7 Å². The summed E-state index contributed by atoms with van der Waals surface area (Å²) in [4.78, 5) is 11.6. The monoisotopic (exact) mass is 326 g/mol. The smallest absolute Gasteiger partial charge is 0.416 e. The zero-order chi connectivity index (χ0) is 16.3. The lowest BCUT2D eigenvalue weighted by molar-refractivity contribution is -0.137. The first kappa shape index (κ1) is 16.4. The molecule has 0 aliphatic heterocycles. The molecular weight excluding hydrogens is 313 g/mol. The minimum absolute atomic E-state index is 0.312. The summed E-state index contributed by atoms with van der Waals surface area (Å²) in [5.74, 6) is -0.863. The minimum Gasteiger partial charge on any atom is -0.478 e. The average Bonchev–Trinajstić information content (AvgIpc) is 2.45. The van der Waals surface area contributed by atoms with Gasteiger partial charge >= 0.3 is 12.1 Å².